The Morgan fingerprint density at radius 3 is 1.53 bits per heavy atom. The molecule has 3 unspecified atom stereocenters. The average Bonchev–Trinajstić information content (AvgIpc) is 3.08. The minimum Gasteiger partial charge on any atom is -0.462 e. The van der Waals surface area contributed by atoms with Crippen molar-refractivity contribution in [3.8, 4) is 0 Å². The Morgan fingerprint density at radius 1 is 0.596 bits per heavy atom. The third-order valence-electron chi connectivity index (χ3n) is 10.3. The van der Waals surface area contributed by atoms with Crippen LogP contribution in [0.4, 0.5) is 0 Å². The van der Waals surface area contributed by atoms with Gasteiger partial charge in [0.15, 0.2) is 0 Å². The summed E-state index contributed by atoms with van der Waals surface area (Å²) in [5.41, 5.74) is 0. The molecule has 0 radical (unpaired) electrons. The molecule has 0 spiro atoms. The maximum atomic E-state index is 13.2. The normalized spacial score (nSPS) is 17.9. The second-order valence-corrected chi connectivity index (χ2v) is 14.9. The number of hydrogen-bond donors (Lipinski definition) is 0. The first-order valence-corrected chi connectivity index (χ1v) is 20.9. The van der Waals surface area contributed by atoms with Gasteiger partial charge in [0.1, 0.15) is 6.10 Å². The van der Waals surface area contributed by atoms with Crippen LogP contribution >= 0.6 is 0 Å². The molecule has 1 aliphatic carbocycles. The van der Waals surface area contributed by atoms with Gasteiger partial charge in [-0.3, -0.25) is 4.79 Å². The molecule has 3 heteroatoms. The fourth-order valence-corrected chi connectivity index (χ4v) is 7.00. The van der Waals surface area contributed by atoms with Crippen LogP contribution in [0.2, 0.25) is 0 Å². The van der Waals surface area contributed by atoms with E-state index in [0.717, 1.165) is 38.5 Å². The van der Waals surface area contributed by atoms with Crippen molar-refractivity contribution < 1.29 is 9.53 Å². The van der Waals surface area contributed by atoms with Crippen molar-refractivity contribution in [3.05, 3.63) is 36.5 Å². The van der Waals surface area contributed by atoms with E-state index in [0.29, 0.717) is 6.04 Å². The lowest BCUT2D eigenvalue weighted by Crippen LogP contribution is -2.37. The SMILES string of the molecule is CCCCC/C=C\C/C=C\CCCCCCCCC(CCCCCCC/C=C/CCCCCCC)OC(=O)C1CCCC(N(C)C)C1. The van der Waals surface area contributed by atoms with E-state index in [1.807, 2.05) is 0 Å². The molecular weight excluding hydrogens is 574 g/mol. The van der Waals surface area contributed by atoms with Gasteiger partial charge < -0.3 is 9.64 Å². The monoisotopic (exact) mass is 656 g/mol. The van der Waals surface area contributed by atoms with Gasteiger partial charge in [0.05, 0.1) is 5.92 Å². The Labute approximate surface area is 294 Å². The molecule has 1 aliphatic rings. The van der Waals surface area contributed by atoms with E-state index >= 15 is 0 Å². The average molecular weight is 656 g/mol. The molecule has 0 aromatic carbocycles. The number of rotatable bonds is 32. The van der Waals surface area contributed by atoms with Crippen molar-refractivity contribution >= 4 is 5.97 Å². The van der Waals surface area contributed by atoms with Crippen LogP contribution in [0.5, 0.6) is 0 Å². The smallest absolute Gasteiger partial charge is 0.309 e. The van der Waals surface area contributed by atoms with Crippen LogP contribution in [0.25, 0.3) is 0 Å². The summed E-state index contributed by atoms with van der Waals surface area (Å²) in [6.45, 7) is 4.55. The summed E-state index contributed by atoms with van der Waals surface area (Å²) in [4.78, 5) is 15.5. The van der Waals surface area contributed by atoms with Gasteiger partial charge in [0.2, 0.25) is 0 Å². The minimum atomic E-state index is 0.0961. The van der Waals surface area contributed by atoms with Crippen molar-refractivity contribution in [2.24, 2.45) is 5.92 Å². The molecule has 47 heavy (non-hydrogen) atoms. The highest BCUT2D eigenvalue weighted by Gasteiger charge is 2.30. The van der Waals surface area contributed by atoms with E-state index in [9.17, 15) is 4.79 Å². The van der Waals surface area contributed by atoms with Crippen molar-refractivity contribution in [1.29, 1.82) is 0 Å². The lowest BCUT2D eigenvalue weighted by Gasteiger charge is -2.33. The predicted molar refractivity (Wildman–Crippen MR) is 208 cm³/mol. The fourth-order valence-electron chi connectivity index (χ4n) is 7.00. The van der Waals surface area contributed by atoms with Crippen LogP contribution in [0, 0.1) is 5.92 Å². The van der Waals surface area contributed by atoms with Gasteiger partial charge in [0, 0.05) is 6.04 Å². The first kappa shape index (κ1) is 43.7. The van der Waals surface area contributed by atoms with Crippen molar-refractivity contribution in [2.45, 2.75) is 219 Å². The predicted octanol–water partition coefficient (Wildman–Crippen LogP) is 13.9. The molecule has 0 saturated heterocycles. The molecule has 274 valence electrons. The summed E-state index contributed by atoms with van der Waals surface area (Å²) >= 11 is 0. The Morgan fingerprint density at radius 2 is 1.02 bits per heavy atom. The standard InChI is InChI=1S/C44H81NO2/c1-5-7-9-11-13-15-17-19-21-22-24-26-28-30-32-34-39-43(47-44(46)41-36-35-37-42(40-41)45(3)4)38-33-31-29-27-25-23-20-18-16-14-12-10-8-6-2/h13,15,18-21,41-43H,5-12,14,16-17,22-40H2,1-4H3/b15-13-,20-18+,21-19-. The zero-order valence-electron chi connectivity index (χ0n) is 32.2. The van der Waals surface area contributed by atoms with Crippen molar-refractivity contribution in [2.75, 3.05) is 14.1 Å². The lowest BCUT2D eigenvalue weighted by molar-refractivity contribution is -0.156. The van der Waals surface area contributed by atoms with Gasteiger partial charge >= 0.3 is 5.97 Å². The second-order valence-electron chi connectivity index (χ2n) is 14.9. The maximum absolute atomic E-state index is 13.2. The van der Waals surface area contributed by atoms with Gasteiger partial charge in [-0.15, -0.1) is 0 Å². The number of hydrogen-bond acceptors (Lipinski definition) is 3. The van der Waals surface area contributed by atoms with Gasteiger partial charge in [0.25, 0.3) is 0 Å². The number of ether oxygens (including phenoxy) is 1. The highest BCUT2D eigenvalue weighted by Crippen LogP contribution is 2.29. The molecule has 1 saturated carbocycles. The number of unbranched alkanes of at least 4 members (excludes halogenated alkanes) is 19. The van der Waals surface area contributed by atoms with E-state index in [1.54, 1.807) is 0 Å². The van der Waals surface area contributed by atoms with Crippen LogP contribution in [0.3, 0.4) is 0 Å². The largest absolute Gasteiger partial charge is 0.462 e. The number of esters is 1. The number of carbonyl (C=O) groups is 1. The summed E-state index contributed by atoms with van der Waals surface area (Å²) in [7, 11) is 4.30. The summed E-state index contributed by atoms with van der Waals surface area (Å²) in [6.07, 6.45) is 51.8. The molecule has 1 fully saturated rings. The van der Waals surface area contributed by atoms with Gasteiger partial charge in [-0.25, -0.2) is 0 Å². The van der Waals surface area contributed by atoms with Crippen molar-refractivity contribution in [3.63, 3.8) is 0 Å². The second kappa shape index (κ2) is 33.2. The highest BCUT2D eigenvalue weighted by molar-refractivity contribution is 5.72. The molecule has 0 aromatic heterocycles. The molecular formula is C44H81NO2. The van der Waals surface area contributed by atoms with E-state index in [4.69, 9.17) is 4.74 Å². The molecule has 3 nitrogen and oxygen atoms in total. The summed E-state index contributed by atoms with van der Waals surface area (Å²) in [5.74, 6) is 0.192. The van der Waals surface area contributed by atoms with Crippen LogP contribution < -0.4 is 0 Å². The Hall–Kier alpha value is -1.35. The number of allylic oxidation sites excluding steroid dienone is 6. The molecule has 0 heterocycles. The molecule has 0 aromatic rings. The van der Waals surface area contributed by atoms with Gasteiger partial charge in [-0.1, -0.05) is 140 Å². The zero-order valence-corrected chi connectivity index (χ0v) is 32.2. The van der Waals surface area contributed by atoms with Crippen LogP contribution in [-0.2, 0) is 9.53 Å². The summed E-state index contributed by atoms with van der Waals surface area (Å²) in [5, 5.41) is 0. The maximum Gasteiger partial charge on any atom is 0.309 e. The lowest BCUT2D eigenvalue weighted by atomic mass is 9.85. The Kier molecular flexibility index (Phi) is 30.8. The van der Waals surface area contributed by atoms with Crippen LogP contribution in [0.1, 0.15) is 206 Å². The summed E-state index contributed by atoms with van der Waals surface area (Å²) in [6, 6.07) is 0.521. The Balaban J connectivity index is 2.25. The Bertz CT molecular complexity index is 769. The van der Waals surface area contributed by atoms with Gasteiger partial charge in [-0.2, -0.15) is 0 Å². The van der Waals surface area contributed by atoms with E-state index in [1.165, 1.54) is 154 Å². The van der Waals surface area contributed by atoms with E-state index in [-0.39, 0.29) is 18.0 Å². The molecule has 0 amide bonds. The molecule has 3 atom stereocenters. The van der Waals surface area contributed by atoms with Crippen molar-refractivity contribution in [1.82, 2.24) is 4.90 Å². The highest BCUT2D eigenvalue weighted by atomic mass is 16.5. The van der Waals surface area contributed by atoms with Crippen LogP contribution in [-0.4, -0.2) is 37.1 Å². The summed E-state index contributed by atoms with van der Waals surface area (Å²) < 4.78 is 6.28. The topological polar surface area (TPSA) is 29.5 Å². The molecule has 1 rings (SSSR count). The molecule has 0 bridgehead atoms. The fraction of sp³-hybridized carbons (Fsp3) is 0.841. The zero-order chi connectivity index (χ0) is 34.0. The third kappa shape index (κ3) is 27.2. The minimum absolute atomic E-state index is 0.0961. The first-order valence-electron chi connectivity index (χ1n) is 20.9. The molecule has 0 N–H and O–H groups in total. The third-order valence-corrected chi connectivity index (χ3v) is 10.3. The quantitative estimate of drug-likeness (QED) is 0.0410. The van der Waals surface area contributed by atoms with E-state index < -0.39 is 0 Å². The van der Waals surface area contributed by atoms with E-state index in [2.05, 4.69) is 69.3 Å². The van der Waals surface area contributed by atoms with Gasteiger partial charge in [-0.05, 0) is 117 Å². The first-order chi connectivity index (χ1) is 23.1. The van der Waals surface area contributed by atoms with Crippen LogP contribution in [0.15, 0.2) is 36.5 Å². The molecule has 0 aliphatic heterocycles. The number of nitrogens with zero attached hydrogens (tertiary/aromatic N) is 1. The number of carbonyl (C=O) groups excluding carboxylic acids is 1.